The molecule has 1 unspecified atom stereocenters. The largest absolute Gasteiger partial charge is 0.468 e. The average Bonchev–Trinajstić information content (AvgIpc) is 2.27. The van der Waals surface area contributed by atoms with Gasteiger partial charge in [0.05, 0.1) is 19.8 Å². The van der Waals surface area contributed by atoms with Gasteiger partial charge >= 0.3 is 11.9 Å². The van der Waals surface area contributed by atoms with E-state index in [1.165, 1.54) is 26.5 Å². The van der Waals surface area contributed by atoms with E-state index in [-0.39, 0.29) is 5.57 Å². The molecule has 5 nitrogen and oxygen atoms in total. The summed E-state index contributed by atoms with van der Waals surface area (Å²) in [7, 11) is 2.53. The second-order valence-corrected chi connectivity index (χ2v) is 2.62. The summed E-state index contributed by atoms with van der Waals surface area (Å²) >= 11 is 0. The summed E-state index contributed by atoms with van der Waals surface area (Å²) in [6.07, 6.45) is 4.53. The van der Waals surface area contributed by atoms with Crippen LogP contribution in [-0.2, 0) is 19.1 Å². The molecular formula is C9H11NO4. The number of ether oxygens (including phenoxy) is 2. The highest BCUT2D eigenvalue weighted by Crippen LogP contribution is 2.17. The van der Waals surface area contributed by atoms with E-state index in [0.29, 0.717) is 0 Å². The second-order valence-electron chi connectivity index (χ2n) is 2.62. The minimum Gasteiger partial charge on any atom is -0.468 e. The van der Waals surface area contributed by atoms with Gasteiger partial charge < -0.3 is 14.8 Å². The topological polar surface area (TPSA) is 64.6 Å². The Labute approximate surface area is 81.4 Å². The van der Waals surface area contributed by atoms with Gasteiger partial charge in [-0.3, -0.25) is 4.79 Å². The van der Waals surface area contributed by atoms with E-state index in [4.69, 9.17) is 0 Å². The molecule has 0 aromatic rings. The fourth-order valence-electron chi connectivity index (χ4n) is 1.12. The summed E-state index contributed by atoms with van der Waals surface area (Å²) < 4.78 is 9.07. The maximum Gasteiger partial charge on any atom is 0.336 e. The molecule has 0 aromatic heterocycles. The molecule has 0 radical (unpaired) electrons. The van der Waals surface area contributed by atoms with E-state index in [1.807, 2.05) is 0 Å². The first-order chi connectivity index (χ1) is 6.70. The van der Waals surface area contributed by atoms with Gasteiger partial charge in [-0.1, -0.05) is 0 Å². The maximum atomic E-state index is 11.2. The molecule has 1 aliphatic heterocycles. The van der Waals surface area contributed by atoms with Gasteiger partial charge in [0.1, 0.15) is 5.92 Å². The normalized spacial score (nSPS) is 19.3. The van der Waals surface area contributed by atoms with E-state index in [1.54, 1.807) is 6.20 Å². The summed E-state index contributed by atoms with van der Waals surface area (Å²) in [5.74, 6) is -1.72. The molecule has 1 atom stereocenters. The van der Waals surface area contributed by atoms with Crippen LogP contribution in [0.3, 0.4) is 0 Å². The average molecular weight is 197 g/mol. The third-order valence-corrected chi connectivity index (χ3v) is 1.84. The Hall–Kier alpha value is -1.78. The Kier molecular flexibility index (Phi) is 3.28. The van der Waals surface area contributed by atoms with Gasteiger partial charge in [-0.25, -0.2) is 4.79 Å². The number of esters is 2. The van der Waals surface area contributed by atoms with Gasteiger partial charge in [0.25, 0.3) is 0 Å². The van der Waals surface area contributed by atoms with Crippen molar-refractivity contribution in [2.75, 3.05) is 14.2 Å². The van der Waals surface area contributed by atoms with E-state index >= 15 is 0 Å². The number of hydrogen-bond donors (Lipinski definition) is 1. The van der Waals surface area contributed by atoms with Crippen molar-refractivity contribution in [1.29, 1.82) is 0 Å². The smallest absolute Gasteiger partial charge is 0.336 e. The Morgan fingerprint density at radius 2 is 2.07 bits per heavy atom. The summed E-state index contributed by atoms with van der Waals surface area (Å²) in [5, 5.41) is 2.71. The van der Waals surface area contributed by atoms with Crippen molar-refractivity contribution in [3.63, 3.8) is 0 Å². The molecule has 0 aromatic carbocycles. The molecule has 0 bridgehead atoms. The molecule has 0 saturated carbocycles. The lowest BCUT2D eigenvalue weighted by molar-refractivity contribution is -0.146. The minimum absolute atomic E-state index is 0.238. The van der Waals surface area contributed by atoms with Gasteiger partial charge in [0, 0.05) is 6.20 Å². The van der Waals surface area contributed by atoms with Crippen LogP contribution in [0.4, 0.5) is 0 Å². The Bertz CT molecular complexity index is 306. The third-order valence-electron chi connectivity index (χ3n) is 1.84. The zero-order chi connectivity index (χ0) is 10.6. The number of dihydropyridines is 1. The number of carbonyl (C=O) groups excluding carboxylic acids is 2. The molecule has 0 aliphatic carbocycles. The van der Waals surface area contributed by atoms with Crippen molar-refractivity contribution >= 4 is 11.9 Å². The molecule has 0 saturated heterocycles. The molecule has 1 aliphatic rings. The first-order valence-electron chi connectivity index (χ1n) is 3.99. The minimum atomic E-state index is -0.686. The Balaban J connectivity index is 2.86. The fourth-order valence-corrected chi connectivity index (χ4v) is 1.12. The van der Waals surface area contributed by atoms with Crippen molar-refractivity contribution in [3.05, 3.63) is 24.0 Å². The lowest BCUT2D eigenvalue weighted by Gasteiger charge is -2.16. The molecule has 5 heteroatoms. The molecule has 14 heavy (non-hydrogen) atoms. The second kappa shape index (κ2) is 4.45. The fraction of sp³-hybridized carbons (Fsp3) is 0.333. The zero-order valence-electron chi connectivity index (χ0n) is 7.94. The van der Waals surface area contributed by atoms with Crippen LogP contribution in [0.1, 0.15) is 0 Å². The predicted molar refractivity (Wildman–Crippen MR) is 47.9 cm³/mol. The molecule has 0 spiro atoms. The highest BCUT2D eigenvalue weighted by atomic mass is 16.5. The van der Waals surface area contributed by atoms with Crippen LogP contribution >= 0.6 is 0 Å². The Morgan fingerprint density at radius 3 is 2.64 bits per heavy atom. The van der Waals surface area contributed by atoms with Crippen molar-refractivity contribution in [3.8, 4) is 0 Å². The monoisotopic (exact) mass is 197 g/mol. The quantitative estimate of drug-likeness (QED) is 0.629. The van der Waals surface area contributed by atoms with Crippen LogP contribution in [0.15, 0.2) is 24.0 Å². The van der Waals surface area contributed by atoms with Crippen molar-refractivity contribution < 1.29 is 19.1 Å². The van der Waals surface area contributed by atoms with Crippen LogP contribution in [0, 0.1) is 5.92 Å². The van der Waals surface area contributed by atoms with Gasteiger partial charge in [-0.2, -0.15) is 0 Å². The van der Waals surface area contributed by atoms with Crippen LogP contribution in [0.2, 0.25) is 0 Å². The maximum absolute atomic E-state index is 11.2. The number of methoxy groups -OCH3 is 2. The lowest BCUT2D eigenvalue weighted by atomic mass is 9.98. The van der Waals surface area contributed by atoms with Crippen LogP contribution in [-0.4, -0.2) is 26.2 Å². The van der Waals surface area contributed by atoms with Gasteiger partial charge in [0.15, 0.2) is 0 Å². The summed E-state index contributed by atoms with van der Waals surface area (Å²) in [4.78, 5) is 22.5. The molecule has 1 rings (SSSR count). The van der Waals surface area contributed by atoms with Gasteiger partial charge in [-0.05, 0) is 12.3 Å². The van der Waals surface area contributed by atoms with E-state index in [0.717, 1.165) is 0 Å². The summed E-state index contributed by atoms with van der Waals surface area (Å²) in [6, 6.07) is 0. The van der Waals surface area contributed by atoms with Crippen LogP contribution in [0.5, 0.6) is 0 Å². The highest BCUT2D eigenvalue weighted by molar-refractivity contribution is 5.96. The number of hydrogen-bond acceptors (Lipinski definition) is 5. The van der Waals surface area contributed by atoms with Crippen molar-refractivity contribution in [2.45, 2.75) is 0 Å². The summed E-state index contributed by atoms with van der Waals surface area (Å²) in [6.45, 7) is 0. The Morgan fingerprint density at radius 1 is 1.36 bits per heavy atom. The molecular weight excluding hydrogens is 186 g/mol. The number of nitrogens with one attached hydrogen (secondary N) is 1. The van der Waals surface area contributed by atoms with Crippen molar-refractivity contribution in [1.82, 2.24) is 5.32 Å². The molecule has 1 heterocycles. The van der Waals surface area contributed by atoms with Gasteiger partial charge in [-0.15, -0.1) is 0 Å². The third kappa shape index (κ3) is 1.93. The lowest BCUT2D eigenvalue weighted by Crippen LogP contribution is -2.26. The predicted octanol–water partition coefficient (Wildman–Crippen LogP) is -0.0506. The van der Waals surface area contributed by atoms with Crippen molar-refractivity contribution in [2.24, 2.45) is 5.92 Å². The van der Waals surface area contributed by atoms with Crippen LogP contribution < -0.4 is 5.32 Å². The first kappa shape index (κ1) is 10.3. The zero-order valence-corrected chi connectivity index (χ0v) is 7.94. The number of rotatable bonds is 2. The van der Waals surface area contributed by atoms with E-state index < -0.39 is 17.9 Å². The number of carbonyl (C=O) groups is 2. The molecule has 0 fully saturated rings. The molecule has 0 amide bonds. The summed E-state index contributed by atoms with van der Waals surface area (Å²) in [5.41, 5.74) is 0.238. The van der Waals surface area contributed by atoms with E-state index in [2.05, 4.69) is 14.8 Å². The van der Waals surface area contributed by atoms with Gasteiger partial charge in [0.2, 0.25) is 0 Å². The molecule has 76 valence electrons. The molecule has 1 N–H and O–H groups in total. The standard InChI is InChI=1S/C9H11NO4/c1-13-8(11)6-3-4-10-5-7(6)9(12)14-2/h3-6,10H,1-2H3. The first-order valence-corrected chi connectivity index (χ1v) is 3.99. The van der Waals surface area contributed by atoms with Crippen LogP contribution in [0.25, 0.3) is 0 Å². The SMILES string of the molecule is COC(=O)C1=CNC=CC1C(=O)OC. The highest BCUT2D eigenvalue weighted by Gasteiger charge is 2.28. The van der Waals surface area contributed by atoms with E-state index in [9.17, 15) is 9.59 Å².